The van der Waals surface area contributed by atoms with Gasteiger partial charge in [-0.2, -0.15) is 0 Å². The molecular formula is C20H24N2O3. The Kier molecular flexibility index (Phi) is 6.57. The molecule has 2 aromatic carbocycles. The van der Waals surface area contributed by atoms with E-state index in [1.54, 1.807) is 43.5 Å². The molecule has 132 valence electrons. The molecule has 0 spiro atoms. The summed E-state index contributed by atoms with van der Waals surface area (Å²) >= 11 is 0. The summed E-state index contributed by atoms with van der Waals surface area (Å²) in [5, 5.41) is 5.75. The van der Waals surface area contributed by atoms with Crippen LogP contribution in [0.3, 0.4) is 0 Å². The molecule has 2 rings (SSSR count). The third-order valence-corrected chi connectivity index (χ3v) is 3.92. The molecule has 5 heteroatoms. The molecule has 0 saturated heterocycles. The Hall–Kier alpha value is -2.82. The lowest BCUT2D eigenvalue weighted by Gasteiger charge is -2.11. The van der Waals surface area contributed by atoms with Crippen LogP contribution in [0.1, 0.15) is 46.0 Å². The maximum absolute atomic E-state index is 12.4. The van der Waals surface area contributed by atoms with Crippen LogP contribution >= 0.6 is 0 Å². The van der Waals surface area contributed by atoms with Gasteiger partial charge in [0.2, 0.25) is 0 Å². The molecule has 0 unspecified atom stereocenters. The van der Waals surface area contributed by atoms with Crippen molar-refractivity contribution in [3.8, 4) is 5.75 Å². The number of nitrogens with one attached hydrogen (secondary N) is 2. The van der Waals surface area contributed by atoms with Crippen molar-refractivity contribution in [2.45, 2.75) is 26.7 Å². The first-order valence-corrected chi connectivity index (χ1v) is 8.39. The lowest BCUT2D eigenvalue weighted by atomic mass is 10.1. The van der Waals surface area contributed by atoms with Gasteiger partial charge in [-0.25, -0.2) is 0 Å². The van der Waals surface area contributed by atoms with Crippen molar-refractivity contribution in [1.29, 1.82) is 0 Å². The van der Waals surface area contributed by atoms with E-state index in [0.29, 0.717) is 29.1 Å². The van der Waals surface area contributed by atoms with Crippen molar-refractivity contribution in [1.82, 2.24) is 5.32 Å². The van der Waals surface area contributed by atoms with Crippen LogP contribution < -0.4 is 15.4 Å². The number of hydrogen-bond donors (Lipinski definition) is 2. The molecule has 0 radical (unpaired) electrons. The summed E-state index contributed by atoms with van der Waals surface area (Å²) in [6, 6.07) is 12.2. The SMILES string of the molecule is CCCCNC(=O)c1ccc(C)c(NC(=O)c2ccc(OC)cc2)c1. The summed E-state index contributed by atoms with van der Waals surface area (Å²) in [5.74, 6) is 0.334. The van der Waals surface area contributed by atoms with E-state index >= 15 is 0 Å². The van der Waals surface area contributed by atoms with Crippen LogP contribution in [0.15, 0.2) is 42.5 Å². The monoisotopic (exact) mass is 340 g/mol. The summed E-state index contributed by atoms with van der Waals surface area (Å²) in [6.07, 6.45) is 1.97. The van der Waals surface area contributed by atoms with E-state index in [1.807, 2.05) is 13.0 Å². The number of anilines is 1. The fourth-order valence-corrected chi connectivity index (χ4v) is 2.32. The van der Waals surface area contributed by atoms with Crippen molar-refractivity contribution in [3.63, 3.8) is 0 Å². The zero-order valence-electron chi connectivity index (χ0n) is 14.9. The van der Waals surface area contributed by atoms with E-state index in [4.69, 9.17) is 4.74 Å². The van der Waals surface area contributed by atoms with Crippen molar-refractivity contribution in [2.75, 3.05) is 19.0 Å². The van der Waals surface area contributed by atoms with Crippen LogP contribution in [0.2, 0.25) is 0 Å². The number of rotatable bonds is 7. The maximum Gasteiger partial charge on any atom is 0.255 e. The van der Waals surface area contributed by atoms with Gasteiger partial charge in [-0.1, -0.05) is 19.4 Å². The van der Waals surface area contributed by atoms with Crippen molar-refractivity contribution >= 4 is 17.5 Å². The molecule has 0 heterocycles. The van der Waals surface area contributed by atoms with Gasteiger partial charge in [0, 0.05) is 23.4 Å². The zero-order chi connectivity index (χ0) is 18.2. The molecule has 0 saturated carbocycles. The highest BCUT2D eigenvalue weighted by atomic mass is 16.5. The molecule has 25 heavy (non-hydrogen) atoms. The van der Waals surface area contributed by atoms with E-state index in [9.17, 15) is 9.59 Å². The molecule has 2 aromatic rings. The highest BCUT2D eigenvalue weighted by molar-refractivity contribution is 6.05. The summed E-state index contributed by atoms with van der Waals surface area (Å²) in [7, 11) is 1.58. The normalized spacial score (nSPS) is 10.2. The number of aryl methyl sites for hydroxylation is 1. The van der Waals surface area contributed by atoms with E-state index < -0.39 is 0 Å². The minimum atomic E-state index is -0.228. The van der Waals surface area contributed by atoms with Crippen LogP contribution in [-0.2, 0) is 0 Å². The van der Waals surface area contributed by atoms with Crippen LogP contribution in [0.5, 0.6) is 5.75 Å². The number of methoxy groups -OCH3 is 1. The van der Waals surface area contributed by atoms with E-state index in [1.165, 1.54) is 0 Å². The van der Waals surface area contributed by atoms with Crippen molar-refractivity contribution in [3.05, 3.63) is 59.2 Å². The molecule has 2 amide bonds. The Bertz CT molecular complexity index is 739. The zero-order valence-corrected chi connectivity index (χ0v) is 14.9. The second-order valence-corrected chi connectivity index (χ2v) is 5.82. The smallest absolute Gasteiger partial charge is 0.255 e. The Balaban J connectivity index is 2.11. The molecule has 5 nitrogen and oxygen atoms in total. The molecular weight excluding hydrogens is 316 g/mol. The van der Waals surface area contributed by atoms with E-state index in [0.717, 1.165) is 18.4 Å². The second-order valence-electron chi connectivity index (χ2n) is 5.82. The number of carbonyl (C=O) groups is 2. The second kappa shape index (κ2) is 8.87. The lowest BCUT2D eigenvalue weighted by molar-refractivity contribution is 0.0951. The van der Waals surface area contributed by atoms with Crippen LogP contribution in [-0.4, -0.2) is 25.5 Å². The molecule has 0 aromatic heterocycles. The summed E-state index contributed by atoms with van der Waals surface area (Å²) in [5.41, 5.74) is 2.58. The van der Waals surface area contributed by atoms with Gasteiger partial charge >= 0.3 is 0 Å². The Morgan fingerprint density at radius 2 is 1.68 bits per heavy atom. The third-order valence-electron chi connectivity index (χ3n) is 3.92. The average molecular weight is 340 g/mol. The predicted octanol–water partition coefficient (Wildman–Crippen LogP) is 3.79. The van der Waals surface area contributed by atoms with Crippen molar-refractivity contribution < 1.29 is 14.3 Å². The molecule has 0 aliphatic carbocycles. The van der Waals surface area contributed by atoms with E-state index in [-0.39, 0.29) is 11.8 Å². The van der Waals surface area contributed by atoms with Gasteiger partial charge in [0.15, 0.2) is 0 Å². The quantitative estimate of drug-likeness (QED) is 0.754. The first kappa shape index (κ1) is 18.5. The highest BCUT2D eigenvalue weighted by Gasteiger charge is 2.11. The number of ether oxygens (including phenoxy) is 1. The number of benzene rings is 2. The molecule has 0 atom stereocenters. The predicted molar refractivity (Wildman–Crippen MR) is 99.4 cm³/mol. The molecule has 2 N–H and O–H groups in total. The lowest BCUT2D eigenvalue weighted by Crippen LogP contribution is -2.24. The van der Waals surface area contributed by atoms with Gasteiger partial charge in [0.05, 0.1) is 7.11 Å². The Morgan fingerprint density at radius 3 is 2.32 bits per heavy atom. The topological polar surface area (TPSA) is 67.4 Å². The molecule has 0 aliphatic rings. The number of unbranched alkanes of at least 4 members (excludes halogenated alkanes) is 1. The fourth-order valence-electron chi connectivity index (χ4n) is 2.32. The number of carbonyl (C=O) groups excluding carboxylic acids is 2. The molecule has 0 aliphatic heterocycles. The van der Waals surface area contributed by atoms with Crippen molar-refractivity contribution in [2.24, 2.45) is 0 Å². The third kappa shape index (κ3) is 5.08. The first-order valence-electron chi connectivity index (χ1n) is 8.39. The molecule has 0 bridgehead atoms. The van der Waals surface area contributed by atoms with Gasteiger partial charge in [0.25, 0.3) is 11.8 Å². The summed E-state index contributed by atoms with van der Waals surface area (Å²) in [4.78, 5) is 24.6. The number of amides is 2. The minimum Gasteiger partial charge on any atom is -0.497 e. The van der Waals surface area contributed by atoms with Crippen LogP contribution in [0, 0.1) is 6.92 Å². The van der Waals surface area contributed by atoms with Gasteiger partial charge < -0.3 is 15.4 Å². The van der Waals surface area contributed by atoms with Gasteiger partial charge in [0.1, 0.15) is 5.75 Å². The highest BCUT2D eigenvalue weighted by Crippen LogP contribution is 2.19. The average Bonchev–Trinajstić information content (AvgIpc) is 2.63. The van der Waals surface area contributed by atoms with E-state index in [2.05, 4.69) is 17.6 Å². The standard InChI is InChI=1S/C20H24N2O3/c1-4-5-12-21-19(23)16-7-6-14(2)18(13-16)22-20(24)15-8-10-17(25-3)11-9-15/h6-11,13H,4-5,12H2,1-3H3,(H,21,23)(H,22,24). The fraction of sp³-hybridized carbons (Fsp3) is 0.300. The Morgan fingerprint density at radius 1 is 1.00 bits per heavy atom. The summed E-state index contributed by atoms with van der Waals surface area (Å²) < 4.78 is 5.09. The first-order chi connectivity index (χ1) is 12.0. The molecule has 0 fully saturated rings. The van der Waals surface area contributed by atoms with Gasteiger partial charge in [-0.05, 0) is 55.3 Å². The van der Waals surface area contributed by atoms with Crippen LogP contribution in [0.4, 0.5) is 5.69 Å². The van der Waals surface area contributed by atoms with Crippen LogP contribution in [0.25, 0.3) is 0 Å². The Labute approximate surface area is 148 Å². The number of hydrogen-bond acceptors (Lipinski definition) is 3. The van der Waals surface area contributed by atoms with Gasteiger partial charge in [-0.3, -0.25) is 9.59 Å². The summed E-state index contributed by atoms with van der Waals surface area (Å²) in [6.45, 7) is 4.62. The van der Waals surface area contributed by atoms with Gasteiger partial charge in [-0.15, -0.1) is 0 Å². The maximum atomic E-state index is 12.4. The largest absolute Gasteiger partial charge is 0.497 e. The minimum absolute atomic E-state index is 0.131.